The first-order valence-electron chi connectivity index (χ1n) is 3.57. The number of hydrogen-bond donors (Lipinski definition) is 1. The first-order valence-corrected chi connectivity index (χ1v) is 4.21. The molecule has 0 atom stereocenters. The van der Waals surface area contributed by atoms with Gasteiger partial charge in [0.15, 0.2) is 0 Å². The van der Waals surface area contributed by atoms with Crippen LogP contribution in [0.5, 0.6) is 0 Å². The van der Waals surface area contributed by atoms with Crippen LogP contribution in [0.25, 0.3) is 0 Å². The van der Waals surface area contributed by atoms with E-state index in [2.05, 4.69) is 12.6 Å². The fourth-order valence-corrected chi connectivity index (χ4v) is 0.670. The third-order valence-corrected chi connectivity index (χ3v) is 1.32. The van der Waals surface area contributed by atoms with E-state index in [1.807, 2.05) is 6.92 Å². The topological polar surface area (TPSA) is 26.3 Å². The molecule has 0 unspecified atom stereocenters. The van der Waals surface area contributed by atoms with E-state index in [1.165, 1.54) is 0 Å². The molecule has 0 amide bonds. The highest BCUT2D eigenvalue weighted by molar-refractivity contribution is 7.80. The Morgan fingerprint density at radius 1 is 1.60 bits per heavy atom. The Labute approximate surface area is 67.4 Å². The van der Waals surface area contributed by atoms with Gasteiger partial charge < -0.3 is 4.74 Å². The molecule has 0 radical (unpaired) electrons. The molecular weight excluding hydrogens is 148 g/mol. The van der Waals surface area contributed by atoms with Crippen LogP contribution < -0.4 is 0 Å². The van der Waals surface area contributed by atoms with Crippen LogP contribution in [0.4, 0.5) is 0 Å². The Bertz CT molecular complexity index is 83.6. The second kappa shape index (κ2) is 6.93. The Hall–Kier alpha value is -0.180. The number of thiol groups is 1. The van der Waals surface area contributed by atoms with Gasteiger partial charge in [-0.1, -0.05) is 6.92 Å². The SMILES string of the molecule is CCCOC(=O)CCCS. The van der Waals surface area contributed by atoms with E-state index in [1.54, 1.807) is 0 Å². The number of hydrogen-bond acceptors (Lipinski definition) is 3. The Kier molecular flexibility index (Phi) is 6.81. The van der Waals surface area contributed by atoms with Crippen molar-refractivity contribution >= 4 is 18.6 Å². The molecule has 0 rings (SSSR count). The van der Waals surface area contributed by atoms with Crippen LogP contribution in [-0.4, -0.2) is 18.3 Å². The molecule has 10 heavy (non-hydrogen) atoms. The Morgan fingerprint density at radius 2 is 2.30 bits per heavy atom. The van der Waals surface area contributed by atoms with E-state index < -0.39 is 0 Å². The van der Waals surface area contributed by atoms with Gasteiger partial charge >= 0.3 is 5.97 Å². The summed E-state index contributed by atoms with van der Waals surface area (Å²) in [5.41, 5.74) is 0. The number of carbonyl (C=O) groups excluding carboxylic acids is 1. The quantitative estimate of drug-likeness (QED) is 0.491. The summed E-state index contributed by atoms with van der Waals surface area (Å²) >= 11 is 3.98. The molecule has 0 fully saturated rings. The number of rotatable bonds is 5. The van der Waals surface area contributed by atoms with Crippen LogP contribution in [0.3, 0.4) is 0 Å². The molecule has 0 spiro atoms. The normalized spacial score (nSPS) is 9.40. The number of esters is 1. The predicted octanol–water partition coefficient (Wildman–Crippen LogP) is 1.65. The zero-order valence-corrected chi connectivity index (χ0v) is 7.19. The lowest BCUT2D eigenvalue weighted by molar-refractivity contribution is -0.143. The van der Waals surface area contributed by atoms with Crippen molar-refractivity contribution in [2.75, 3.05) is 12.4 Å². The molecule has 0 N–H and O–H groups in total. The summed E-state index contributed by atoms with van der Waals surface area (Å²) in [6, 6.07) is 0. The maximum Gasteiger partial charge on any atom is 0.305 e. The lowest BCUT2D eigenvalue weighted by Crippen LogP contribution is -2.04. The van der Waals surface area contributed by atoms with Crippen LogP contribution in [0, 0.1) is 0 Å². The fourth-order valence-electron chi connectivity index (χ4n) is 0.511. The van der Waals surface area contributed by atoms with Gasteiger partial charge in [-0.3, -0.25) is 4.79 Å². The first-order chi connectivity index (χ1) is 4.81. The van der Waals surface area contributed by atoms with Crippen molar-refractivity contribution in [3.63, 3.8) is 0 Å². The van der Waals surface area contributed by atoms with Crippen molar-refractivity contribution in [3.8, 4) is 0 Å². The first kappa shape index (κ1) is 9.82. The van der Waals surface area contributed by atoms with Gasteiger partial charge in [0.2, 0.25) is 0 Å². The minimum Gasteiger partial charge on any atom is -0.466 e. The second-order valence-electron chi connectivity index (χ2n) is 2.05. The molecule has 0 aromatic rings. The van der Waals surface area contributed by atoms with E-state index in [-0.39, 0.29) is 5.97 Å². The third kappa shape index (κ3) is 5.95. The average Bonchev–Trinajstić information content (AvgIpc) is 1.97. The third-order valence-electron chi connectivity index (χ3n) is 1.01. The molecule has 0 heterocycles. The van der Waals surface area contributed by atoms with Crippen LogP contribution >= 0.6 is 12.6 Å². The highest BCUT2D eigenvalue weighted by atomic mass is 32.1. The van der Waals surface area contributed by atoms with Crippen LogP contribution in [0.15, 0.2) is 0 Å². The zero-order valence-electron chi connectivity index (χ0n) is 6.30. The van der Waals surface area contributed by atoms with Crippen molar-refractivity contribution in [2.24, 2.45) is 0 Å². The van der Waals surface area contributed by atoms with Gasteiger partial charge in [-0.15, -0.1) is 0 Å². The van der Waals surface area contributed by atoms with Crippen LogP contribution in [-0.2, 0) is 9.53 Å². The van der Waals surface area contributed by atoms with Crippen molar-refractivity contribution in [3.05, 3.63) is 0 Å². The van der Waals surface area contributed by atoms with Gasteiger partial charge in [0, 0.05) is 6.42 Å². The summed E-state index contributed by atoms with van der Waals surface area (Å²) in [6.07, 6.45) is 2.21. The van der Waals surface area contributed by atoms with E-state index in [0.717, 1.165) is 18.6 Å². The second-order valence-corrected chi connectivity index (χ2v) is 2.49. The highest BCUT2D eigenvalue weighted by Gasteiger charge is 1.98. The predicted molar refractivity (Wildman–Crippen MR) is 44.3 cm³/mol. The smallest absolute Gasteiger partial charge is 0.305 e. The van der Waals surface area contributed by atoms with E-state index in [0.29, 0.717) is 13.0 Å². The fraction of sp³-hybridized carbons (Fsp3) is 0.857. The maximum atomic E-state index is 10.7. The summed E-state index contributed by atoms with van der Waals surface area (Å²) in [5.74, 6) is 0.650. The molecule has 0 aromatic heterocycles. The molecule has 0 aliphatic carbocycles. The van der Waals surface area contributed by atoms with Crippen LogP contribution in [0.2, 0.25) is 0 Å². The van der Waals surface area contributed by atoms with Gasteiger partial charge in [-0.25, -0.2) is 0 Å². The molecule has 2 nitrogen and oxygen atoms in total. The lowest BCUT2D eigenvalue weighted by atomic mass is 10.3. The molecular formula is C7H14O2S. The summed E-state index contributed by atoms with van der Waals surface area (Å²) < 4.78 is 4.82. The largest absolute Gasteiger partial charge is 0.466 e. The van der Waals surface area contributed by atoms with E-state index in [4.69, 9.17) is 4.74 Å². The van der Waals surface area contributed by atoms with Crippen molar-refractivity contribution in [1.29, 1.82) is 0 Å². The summed E-state index contributed by atoms with van der Waals surface area (Å²) in [5, 5.41) is 0. The monoisotopic (exact) mass is 162 g/mol. The molecule has 3 heteroatoms. The lowest BCUT2D eigenvalue weighted by Gasteiger charge is -2.00. The van der Waals surface area contributed by atoms with Crippen molar-refractivity contribution in [2.45, 2.75) is 26.2 Å². The Balaban J connectivity index is 3.09. The molecule has 0 saturated carbocycles. The standard InChI is InChI=1S/C7H14O2S/c1-2-5-9-7(8)4-3-6-10/h10H,2-6H2,1H3. The molecule has 0 aromatic carbocycles. The molecule has 0 saturated heterocycles. The van der Waals surface area contributed by atoms with E-state index in [9.17, 15) is 4.79 Å². The minimum atomic E-state index is -0.101. The summed E-state index contributed by atoms with van der Waals surface area (Å²) in [7, 11) is 0. The zero-order chi connectivity index (χ0) is 7.82. The Morgan fingerprint density at radius 3 is 2.80 bits per heavy atom. The molecule has 0 bridgehead atoms. The summed E-state index contributed by atoms with van der Waals surface area (Å²) in [6.45, 7) is 2.53. The average molecular weight is 162 g/mol. The van der Waals surface area contributed by atoms with Crippen LogP contribution in [0.1, 0.15) is 26.2 Å². The van der Waals surface area contributed by atoms with Gasteiger partial charge in [0.25, 0.3) is 0 Å². The van der Waals surface area contributed by atoms with Gasteiger partial charge in [-0.05, 0) is 18.6 Å². The molecule has 60 valence electrons. The molecule has 0 aliphatic rings. The minimum absolute atomic E-state index is 0.101. The van der Waals surface area contributed by atoms with Gasteiger partial charge in [-0.2, -0.15) is 12.6 Å². The van der Waals surface area contributed by atoms with E-state index >= 15 is 0 Å². The van der Waals surface area contributed by atoms with Gasteiger partial charge in [0.05, 0.1) is 6.61 Å². The molecule has 0 aliphatic heterocycles. The maximum absolute atomic E-state index is 10.7. The van der Waals surface area contributed by atoms with Gasteiger partial charge in [0.1, 0.15) is 0 Å². The van der Waals surface area contributed by atoms with Crippen molar-refractivity contribution in [1.82, 2.24) is 0 Å². The summed E-state index contributed by atoms with van der Waals surface area (Å²) in [4.78, 5) is 10.7. The van der Waals surface area contributed by atoms with Crippen molar-refractivity contribution < 1.29 is 9.53 Å². The number of ether oxygens (including phenoxy) is 1. The highest BCUT2D eigenvalue weighted by Crippen LogP contribution is 1.94. The number of carbonyl (C=O) groups is 1.